The summed E-state index contributed by atoms with van der Waals surface area (Å²) in [6, 6.07) is 4.56. The fourth-order valence-corrected chi connectivity index (χ4v) is 2.56. The van der Waals surface area contributed by atoms with Gasteiger partial charge >= 0.3 is 0 Å². The van der Waals surface area contributed by atoms with Gasteiger partial charge < -0.3 is 0 Å². The summed E-state index contributed by atoms with van der Waals surface area (Å²) in [4.78, 5) is 4.21. The molecule has 0 atom stereocenters. The van der Waals surface area contributed by atoms with E-state index in [4.69, 9.17) is 0 Å². The van der Waals surface area contributed by atoms with Crippen LogP contribution in [0.4, 0.5) is 4.39 Å². The molecule has 18 heavy (non-hydrogen) atoms. The molecular weight excluding hydrogens is 299 g/mol. The average Bonchev–Trinajstić information content (AvgIpc) is 2.81. The van der Waals surface area contributed by atoms with Crippen molar-refractivity contribution in [2.24, 2.45) is 7.05 Å². The smallest absolute Gasteiger partial charge is 0.151 e. The van der Waals surface area contributed by atoms with E-state index < -0.39 is 0 Å². The Kier molecular flexibility index (Phi) is 2.48. The SMILES string of the molecule is Cc1nn(C)c(-n2cnc3cc(F)ccc32)c1Br. The maximum absolute atomic E-state index is 13.1. The van der Waals surface area contributed by atoms with E-state index in [0.717, 1.165) is 21.5 Å². The minimum absolute atomic E-state index is 0.284. The maximum Gasteiger partial charge on any atom is 0.151 e. The van der Waals surface area contributed by atoms with Gasteiger partial charge in [0.2, 0.25) is 0 Å². The fraction of sp³-hybridized carbons (Fsp3) is 0.167. The topological polar surface area (TPSA) is 35.6 Å². The number of hydrogen-bond donors (Lipinski definition) is 0. The molecule has 0 amide bonds. The molecule has 2 heterocycles. The van der Waals surface area contributed by atoms with E-state index in [-0.39, 0.29) is 5.82 Å². The second-order valence-corrected chi connectivity index (χ2v) is 4.89. The van der Waals surface area contributed by atoms with Gasteiger partial charge in [-0.3, -0.25) is 9.25 Å². The molecule has 2 aromatic heterocycles. The Morgan fingerprint density at radius 1 is 1.33 bits per heavy atom. The van der Waals surface area contributed by atoms with Crippen LogP contribution in [0.25, 0.3) is 16.9 Å². The first-order valence-electron chi connectivity index (χ1n) is 5.40. The van der Waals surface area contributed by atoms with E-state index in [1.54, 1.807) is 17.1 Å². The van der Waals surface area contributed by atoms with Crippen LogP contribution in [0.15, 0.2) is 29.0 Å². The Labute approximate surface area is 111 Å². The van der Waals surface area contributed by atoms with Gasteiger partial charge in [-0.1, -0.05) is 0 Å². The van der Waals surface area contributed by atoms with Crippen molar-refractivity contribution >= 4 is 27.0 Å². The van der Waals surface area contributed by atoms with Crippen molar-refractivity contribution in [1.82, 2.24) is 19.3 Å². The first-order valence-corrected chi connectivity index (χ1v) is 6.19. The number of hydrogen-bond acceptors (Lipinski definition) is 2. The molecule has 0 bridgehead atoms. The van der Waals surface area contributed by atoms with Gasteiger partial charge in [0, 0.05) is 13.1 Å². The van der Waals surface area contributed by atoms with Gasteiger partial charge in [0.1, 0.15) is 12.1 Å². The predicted molar refractivity (Wildman–Crippen MR) is 70.2 cm³/mol. The largest absolute Gasteiger partial charge is 0.282 e. The number of benzene rings is 1. The van der Waals surface area contributed by atoms with Crippen LogP contribution in [-0.4, -0.2) is 19.3 Å². The molecule has 0 saturated carbocycles. The summed E-state index contributed by atoms with van der Waals surface area (Å²) in [6.45, 7) is 1.92. The van der Waals surface area contributed by atoms with Crippen molar-refractivity contribution in [3.05, 3.63) is 40.5 Å². The molecule has 0 aliphatic heterocycles. The average molecular weight is 309 g/mol. The zero-order valence-electron chi connectivity index (χ0n) is 9.85. The number of aromatic nitrogens is 4. The monoisotopic (exact) mass is 308 g/mol. The number of fused-ring (bicyclic) bond motifs is 1. The van der Waals surface area contributed by atoms with E-state index >= 15 is 0 Å². The van der Waals surface area contributed by atoms with Crippen LogP contribution in [0.5, 0.6) is 0 Å². The summed E-state index contributed by atoms with van der Waals surface area (Å²) in [7, 11) is 1.86. The van der Waals surface area contributed by atoms with Crippen molar-refractivity contribution in [2.75, 3.05) is 0 Å². The highest BCUT2D eigenvalue weighted by Gasteiger charge is 2.15. The summed E-state index contributed by atoms with van der Waals surface area (Å²) in [6.07, 6.45) is 1.67. The lowest BCUT2D eigenvalue weighted by Crippen LogP contribution is -2.02. The van der Waals surface area contributed by atoms with Gasteiger partial charge in [-0.2, -0.15) is 5.10 Å². The Hall–Kier alpha value is -1.69. The van der Waals surface area contributed by atoms with Crippen LogP contribution in [0.2, 0.25) is 0 Å². The first-order chi connectivity index (χ1) is 8.58. The van der Waals surface area contributed by atoms with Crippen molar-refractivity contribution in [3.63, 3.8) is 0 Å². The van der Waals surface area contributed by atoms with Crippen molar-refractivity contribution < 1.29 is 4.39 Å². The molecule has 0 aliphatic rings. The van der Waals surface area contributed by atoms with Gasteiger partial charge in [0.05, 0.1) is 21.2 Å². The predicted octanol–water partition coefficient (Wildman–Crippen LogP) is 2.97. The molecular formula is C12H10BrFN4. The molecule has 92 valence electrons. The number of nitrogens with zero attached hydrogens (tertiary/aromatic N) is 4. The zero-order chi connectivity index (χ0) is 12.9. The molecule has 1 aromatic carbocycles. The molecule has 0 fully saturated rings. The lowest BCUT2D eigenvalue weighted by atomic mass is 10.3. The van der Waals surface area contributed by atoms with Gasteiger partial charge in [-0.25, -0.2) is 9.37 Å². The summed E-state index contributed by atoms with van der Waals surface area (Å²) in [5, 5.41) is 4.34. The normalized spacial score (nSPS) is 11.3. The number of aryl methyl sites for hydroxylation is 2. The third-order valence-corrected chi connectivity index (χ3v) is 3.79. The minimum Gasteiger partial charge on any atom is -0.282 e. The molecule has 0 unspecified atom stereocenters. The van der Waals surface area contributed by atoms with Crippen molar-refractivity contribution in [1.29, 1.82) is 0 Å². The van der Waals surface area contributed by atoms with E-state index in [9.17, 15) is 4.39 Å². The first kappa shape index (κ1) is 11.4. The zero-order valence-corrected chi connectivity index (χ0v) is 11.4. The third kappa shape index (κ3) is 1.56. The number of imidazole rings is 1. The van der Waals surface area contributed by atoms with E-state index in [0.29, 0.717) is 5.52 Å². The van der Waals surface area contributed by atoms with Gasteiger partial charge in [0.25, 0.3) is 0 Å². The molecule has 0 saturated heterocycles. The molecule has 0 radical (unpaired) electrons. The Bertz CT molecular complexity index is 744. The summed E-state index contributed by atoms with van der Waals surface area (Å²) >= 11 is 3.52. The molecule has 3 aromatic rings. The second kappa shape index (κ2) is 3.91. The van der Waals surface area contributed by atoms with Crippen molar-refractivity contribution in [2.45, 2.75) is 6.92 Å². The van der Waals surface area contributed by atoms with Gasteiger partial charge in [-0.15, -0.1) is 0 Å². The standard InChI is InChI=1S/C12H10BrFN4/c1-7-11(13)12(17(2)16-7)18-6-15-9-5-8(14)3-4-10(9)18/h3-6H,1-2H3. The highest BCUT2D eigenvalue weighted by molar-refractivity contribution is 9.10. The van der Waals surface area contributed by atoms with Crippen LogP contribution in [-0.2, 0) is 7.05 Å². The van der Waals surface area contributed by atoms with Gasteiger partial charge in [-0.05, 0) is 35.0 Å². The molecule has 6 heteroatoms. The highest BCUT2D eigenvalue weighted by Crippen LogP contribution is 2.27. The third-order valence-electron chi connectivity index (χ3n) is 2.86. The van der Waals surface area contributed by atoms with Crippen LogP contribution in [0.3, 0.4) is 0 Å². The molecule has 0 spiro atoms. The summed E-state index contributed by atoms with van der Waals surface area (Å²) < 4.78 is 17.7. The molecule has 3 rings (SSSR count). The fourth-order valence-electron chi connectivity index (χ4n) is 2.04. The van der Waals surface area contributed by atoms with E-state index in [2.05, 4.69) is 26.0 Å². The van der Waals surface area contributed by atoms with Crippen LogP contribution < -0.4 is 0 Å². The second-order valence-electron chi connectivity index (χ2n) is 4.09. The number of rotatable bonds is 1. The highest BCUT2D eigenvalue weighted by atomic mass is 79.9. The lowest BCUT2D eigenvalue weighted by Gasteiger charge is -2.05. The Morgan fingerprint density at radius 2 is 2.11 bits per heavy atom. The van der Waals surface area contributed by atoms with E-state index in [1.807, 2.05) is 18.5 Å². The Morgan fingerprint density at radius 3 is 2.78 bits per heavy atom. The number of halogens is 2. The van der Waals surface area contributed by atoms with E-state index in [1.165, 1.54) is 12.1 Å². The quantitative estimate of drug-likeness (QED) is 0.693. The maximum atomic E-state index is 13.1. The van der Waals surface area contributed by atoms with Crippen LogP contribution in [0, 0.1) is 12.7 Å². The molecule has 4 nitrogen and oxygen atoms in total. The van der Waals surface area contributed by atoms with Crippen LogP contribution in [0.1, 0.15) is 5.69 Å². The van der Waals surface area contributed by atoms with Crippen molar-refractivity contribution in [3.8, 4) is 5.82 Å². The van der Waals surface area contributed by atoms with Gasteiger partial charge in [0.15, 0.2) is 5.82 Å². The summed E-state index contributed by atoms with van der Waals surface area (Å²) in [5.41, 5.74) is 2.37. The Balaban J connectivity index is 2.32. The molecule has 0 aliphatic carbocycles. The molecule has 0 N–H and O–H groups in total. The summed E-state index contributed by atoms with van der Waals surface area (Å²) in [5.74, 6) is 0.592. The lowest BCUT2D eigenvalue weighted by molar-refractivity contribution is 0.629. The minimum atomic E-state index is -0.284. The van der Waals surface area contributed by atoms with Crippen LogP contribution >= 0.6 is 15.9 Å².